The third-order valence-corrected chi connectivity index (χ3v) is 3.57. The number of nitrogens with one attached hydrogen (secondary N) is 1. The summed E-state index contributed by atoms with van der Waals surface area (Å²) in [5.41, 5.74) is 0.918. The Labute approximate surface area is 123 Å². The molecule has 20 heavy (non-hydrogen) atoms. The summed E-state index contributed by atoms with van der Waals surface area (Å²) in [6.07, 6.45) is 1.48. The number of aromatic nitrogens is 1. The van der Waals surface area contributed by atoms with E-state index in [1.54, 1.807) is 6.07 Å². The van der Waals surface area contributed by atoms with Crippen molar-refractivity contribution in [3.8, 4) is 0 Å². The summed E-state index contributed by atoms with van der Waals surface area (Å²) >= 11 is 3.26. The van der Waals surface area contributed by atoms with Crippen molar-refractivity contribution in [1.29, 1.82) is 0 Å². The van der Waals surface area contributed by atoms with Gasteiger partial charge in [0.1, 0.15) is 5.82 Å². The highest BCUT2D eigenvalue weighted by atomic mass is 79.9. The normalized spacial score (nSPS) is 10.3. The van der Waals surface area contributed by atoms with Crippen LogP contribution in [0.5, 0.6) is 0 Å². The molecule has 1 amide bonds. The molecule has 2 aromatic rings. The van der Waals surface area contributed by atoms with Gasteiger partial charge in [-0.15, -0.1) is 0 Å². The highest BCUT2D eigenvalue weighted by Gasteiger charge is 2.08. The molecule has 4 nitrogen and oxygen atoms in total. The van der Waals surface area contributed by atoms with E-state index in [4.69, 9.17) is 0 Å². The van der Waals surface area contributed by atoms with E-state index in [-0.39, 0.29) is 23.8 Å². The Hall–Kier alpha value is -1.95. The molecule has 0 radical (unpaired) electrons. The zero-order chi connectivity index (χ0) is 14.7. The van der Waals surface area contributed by atoms with Crippen LogP contribution >= 0.6 is 15.9 Å². The molecule has 0 atom stereocenters. The van der Waals surface area contributed by atoms with Crippen molar-refractivity contribution in [2.24, 2.45) is 0 Å². The number of hydrogen-bond donors (Lipinski definition) is 1. The number of hydrogen-bond acceptors (Lipinski definition) is 2. The van der Waals surface area contributed by atoms with Crippen LogP contribution < -0.4 is 10.9 Å². The molecule has 1 aromatic heterocycles. The molecule has 1 heterocycles. The molecule has 0 saturated carbocycles. The average molecular weight is 339 g/mol. The van der Waals surface area contributed by atoms with Gasteiger partial charge in [-0.05, 0) is 23.8 Å². The largest absolute Gasteiger partial charge is 0.355 e. The van der Waals surface area contributed by atoms with Gasteiger partial charge in [-0.2, -0.15) is 0 Å². The Kier molecular flexibility index (Phi) is 4.34. The van der Waals surface area contributed by atoms with E-state index in [1.807, 2.05) is 0 Å². The number of halogens is 2. The van der Waals surface area contributed by atoms with Crippen LogP contribution in [0.25, 0.3) is 0 Å². The van der Waals surface area contributed by atoms with Crippen molar-refractivity contribution in [3.63, 3.8) is 0 Å². The number of carbonyl (C=O) groups excluding carboxylic acids is 1. The number of amides is 1. The monoisotopic (exact) mass is 338 g/mol. The summed E-state index contributed by atoms with van der Waals surface area (Å²) in [5, 5.41) is 2.50. The third-order valence-electron chi connectivity index (χ3n) is 2.83. The molecular formula is C14H12BrFN2O2. The fraction of sp³-hybridized carbons (Fsp3) is 0.143. The van der Waals surface area contributed by atoms with Gasteiger partial charge in [0, 0.05) is 23.8 Å². The van der Waals surface area contributed by atoms with Crippen LogP contribution in [0, 0.1) is 5.82 Å². The maximum Gasteiger partial charge on any atom is 0.252 e. The second kappa shape index (κ2) is 6.00. The molecular weight excluding hydrogens is 327 g/mol. The number of carbonyl (C=O) groups is 1. The molecule has 1 aromatic carbocycles. The Morgan fingerprint density at radius 1 is 1.35 bits per heavy atom. The van der Waals surface area contributed by atoms with Gasteiger partial charge in [-0.1, -0.05) is 22.0 Å². The number of rotatable bonds is 3. The quantitative estimate of drug-likeness (QED) is 0.932. The average Bonchev–Trinajstić information content (AvgIpc) is 2.43. The summed E-state index contributed by atoms with van der Waals surface area (Å²) < 4.78 is 15.0. The van der Waals surface area contributed by atoms with E-state index in [1.165, 1.54) is 42.1 Å². The van der Waals surface area contributed by atoms with Gasteiger partial charge in [-0.3, -0.25) is 9.59 Å². The van der Waals surface area contributed by atoms with Gasteiger partial charge in [0.2, 0.25) is 0 Å². The standard InChI is InChI=1S/C14H12BrFN2O2/c1-17-14(20)10-3-5-13(19)18(8-10)7-9-2-4-11(16)6-12(9)15/h2-6,8H,7H2,1H3,(H,17,20). The van der Waals surface area contributed by atoms with Gasteiger partial charge in [0.15, 0.2) is 0 Å². The van der Waals surface area contributed by atoms with Gasteiger partial charge in [0.25, 0.3) is 11.5 Å². The van der Waals surface area contributed by atoms with Crippen LogP contribution in [0.3, 0.4) is 0 Å². The van der Waals surface area contributed by atoms with E-state index in [0.717, 1.165) is 5.56 Å². The Morgan fingerprint density at radius 3 is 2.75 bits per heavy atom. The predicted molar refractivity (Wildman–Crippen MR) is 77.3 cm³/mol. The minimum atomic E-state index is -0.355. The molecule has 1 N–H and O–H groups in total. The molecule has 0 unspecified atom stereocenters. The second-order valence-corrected chi connectivity index (χ2v) is 5.05. The summed E-state index contributed by atoms with van der Waals surface area (Å²) in [5.74, 6) is -0.621. The Bertz CT molecular complexity index is 713. The Balaban J connectivity index is 2.37. The second-order valence-electron chi connectivity index (χ2n) is 4.20. The van der Waals surface area contributed by atoms with Crippen molar-refractivity contribution in [3.05, 3.63) is 68.3 Å². The molecule has 0 spiro atoms. The van der Waals surface area contributed by atoms with Crippen LogP contribution in [0.1, 0.15) is 15.9 Å². The van der Waals surface area contributed by atoms with Crippen molar-refractivity contribution >= 4 is 21.8 Å². The topological polar surface area (TPSA) is 51.1 Å². The molecule has 0 fully saturated rings. The zero-order valence-electron chi connectivity index (χ0n) is 10.7. The Morgan fingerprint density at radius 2 is 2.10 bits per heavy atom. The van der Waals surface area contributed by atoms with Crippen molar-refractivity contribution < 1.29 is 9.18 Å². The number of pyridine rings is 1. The van der Waals surface area contributed by atoms with Crippen molar-refractivity contribution in [2.45, 2.75) is 6.54 Å². The molecule has 0 saturated heterocycles. The summed E-state index contributed by atoms with van der Waals surface area (Å²) in [4.78, 5) is 23.4. The first-order valence-corrected chi connectivity index (χ1v) is 6.67. The first kappa shape index (κ1) is 14.5. The van der Waals surface area contributed by atoms with Gasteiger partial charge in [0.05, 0.1) is 12.1 Å². The van der Waals surface area contributed by atoms with Crippen LogP contribution in [-0.2, 0) is 6.54 Å². The van der Waals surface area contributed by atoms with Crippen LogP contribution in [-0.4, -0.2) is 17.5 Å². The minimum absolute atomic E-state index is 0.228. The summed E-state index contributed by atoms with van der Waals surface area (Å²) in [6.45, 7) is 0.254. The third kappa shape index (κ3) is 3.14. The van der Waals surface area contributed by atoms with Gasteiger partial charge < -0.3 is 9.88 Å². The number of benzene rings is 1. The molecule has 0 aliphatic carbocycles. The van der Waals surface area contributed by atoms with E-state index in [0.29, 0.717) is 10.0 Å². The van der Waals surface area contributed by atoms with Crippen LogP contribution in [0.15, 0.2) is 45.8 Å². The lowest BCUT2D eigenvalue weighted by Crippen LogP contribution is -2.24. The fourth-order valence-electron chi connectivity index (χ4n) is 1.77. The van der Waals surface area contributed by atoms with Crippen molar-refractivity contribution in [2.75, 3.05) is 7.05 Å². The highest BCUT2D eigenvalue weighted by molar-refractivity contribution is 9.10. The molecule has 104 valence electrons. The van der Waals surface area contributed by atoms with E-state index >= 15 is 0 Å². The first-order valence-electron chi connectivity index (χ1n) is 5.88. The lowest BCUT2D eigenvalue weighted by Gasteiger charge is -2.09. The van der Waals surface area contributed by atoms with Crippen LogP contribution in [0.2, 0.25) is 0 Å². The maximum atomic E-state index is 13.0. The molecule has 6 heteroatoms. The predicted octanol–water partition coefficient (Wildman–Crippen LogP) is 2.16. The first-order chi connectivity index (χ1) is 9.51. The zero-order valence-corrected chi connectivity index (χ0v) is 12.3. The maximum absolute atomic E-state index is 13.0. The summed E-state index contributed by atoms with van der Waals surface area (Å²) in [6, 6.07) is 7.06. The van der Waals surface area contributed by atoms with E-state index in [9.17, 15) is 14.0 Å². The van der Waals surface area contributed by atoms with Crippen LogP contribution in [0.4, 0.5) is 4.39 Å². The van der Waals surface area contributed by atoms with E-state index in [2.05, 4.69) is 21.2 Å². The number of nitrogens with zero attached hydrogens (tertiary/aromatic N) is 1. The van der Waals surface area contributed by atoms with Crippen molar-refractivity contribution in [1.82, 2.24) is 9.88 Å². The molecule has 0 bridgehead atoms. The molecule has 0 aliphatic heterocycles. The lowest BCUT2D eigenvalue weighted by molar-refractivity contribution is 0.0962. The van der Waals surface area contributed by atoms with Gasteiger partial charge >= 0.3 is 0 Å². The summed E-state index contributed by atoms with van der Waals surface area (Å²) in [7, 11) is 1.52. The molecule has 0 aliphatic rings. The minimum Gasteiger partial charge on any atom is -0.355 e. The lowest BCUT2D eigenvalue weighted by atomic mass is 10.2. The van der Waals surface area contributed by atoms with E-state index < -0.39 is 0 Å². The fourth-order valence-corrected chi connectivity index (χ4v) is 2.24. The smallest absolute Gasteiger partial charge is 0.252 e. The van der Waals surface area contributed by atoms with Gasteiger partial charge in [-0.25, -0.2) is 4.39 Å². The SMILES string of the molecule is CNC(=O)c1ccc(=O)n(Cc2ccc(F)cc2Br)c1. The molecule has 2 rings (SSSR count). The highest BCUT2D eigenvalue weighted by Crippen LogP contribution is 2.18.